The van der Waals surface area contributed by atoms with E-state index < -0.39 is 4.92 Å². The normalized spacial score (nSPS) is 11.1. The SMILES string of the molecule is Cc1cc(-c2ccc(C=NNc3cccc(Cl)c3C)o2)c([N+](=O)[O-])cc1C. The van der Waals surface area contributed by atoms with Gasteiger partial charge in [0.1, 0.15) is 11.5 Å². The lowest BCUT2D eigenvalue weighted by atomic mass is 10.0. The van der Waals surface area contributed by atoms with E-state index in [0.29, 0.717) is 22.1 Å². The molecule has 0 fully saturated rings. The molecule has 138 valence electrons. The van der Waals surface area contributed by atoms with Crippen LogP contribution in [0.15, 0.2) is 52.0 Å². The maximum atomic E-state index is 11.4. The van der Waals surface area contributed by atoms with Crippen LogP contribution in [0.25, 0.3) is 11.3 Å². The van der Waals surface area contributed by atoms with Crippen LogP contribution < -0.4 is 5.43 Å². The second-order valence-corrected chi connectivity index (χ2v) is 6.60. The van der Waals surface area contributed by atoms with E-state index in [4.69, 9.17) is 16.0 Å². The topological polar surface area (TPSA) is 80.7 Å². The van der Waals surface area contributed by atoms with Crippen molar-refractivity contribution in [2.24, 2.45) is 5.10 Å². The zero-order chi connectivity index (χ0) is 19.6. The molecule has 0 aliphatic carbocycles. The molecule has 2 aromatic carbocycles. The molecule has 6 nitrogen and oxygen atoms in total. The first-order valence-electron chi connectivity index (χ1n) is 8.27. The van der Waals surface area contributed by atoms with E-state index in [1.165, 1.54) is 6.21 Å². The Morgan fingerprint density at radius 2 is 1.89 bits per heavy atom. The predicted molar refractivity (Wildman–Crippen MR) is 108 cm³/mol. The number of benzene rings is 2. The molecule has 0 amide bonds. The van der Waals surface area contributed by atoms with Crippen LogP contribution in [0.1, 0.15) is 22.5 Å². The molecule has 0 atom stereocenters. The summed E-state index contributed by atoms with van der Waals surface area (Å²) in [5.41, 5.74) is 6.88. The summed E-state index contributed by atoms with van der Waals surface area (Å²) in [5.74, 6) is 0.898. The Morgan fingerprint density at radius 1 is 1.15 bits per heavy atom. The van der Waals surface area contributed by atoms with Gasteiger partial charge in [-0.05, 0) is 67.8 Å². The van der Waals surface area contributed by atoms with Gasteiger partial charge >= 0.3 is 0 Å². The van der Waals surface area contributed by atoms with Crippen molar-refractivity contribution in [3.8, 4) is 11.3 Å². The van der Waals surface area contributed by atoms with Crippen LogP contribution in [-0.2, 0) is 0 Å². The molecule has 7 heteroatoms. The summed E-state index contributed by atoms with van der Waals surface area (Å²) in [6.07, 6.45) is 1.51. The third-order valence-electron chi connectivity index (χ3n) is 4.35. The van der Waals surface area contributed by atoms with Gasteiger partial charge in [-0.15, -0.1) is 0 Å². The van der Waals surface area contributed by atoms with Crippen molar-refractivity contribution < 1.29 is 9.34 Å². The zero-order valence-corrected chi connectivity index (χ0v) is 15.9. The number of furan rings is 1. The average Bonchev–Trinajstić information content (AvgIpc) is 3.09. The van der Waals surface area contributed by atoms with Gasteiger partial charge in [-0.2, -0.15) is 5.10 Å². The fourth-order valence-electron chi connectivity index (χ4n) is 2.61. The first kappa shape index (κ1) is 18.7. The molecule has 0 spiro atoms. The predicted octanol–water partition coefficient (Wildman–Crippen LogP) is 5.88. The lowest BCUT2D eigenvalue weighted by Gasteiger charge is -2.05. The van der Waals surface area contributed by atoms with E-state index in [2.05, 4.69) is 10.5 Å². The summed E-state index contributed by atoms with van der Waals surface area (Å²) >= 11 is 6.08. The Labute approximate surface area is 161 Å². The van der Waals surface area contributed by atoms with Crippen LogP contribution in [0.4, 0.5) is 11.4 Å². The smallest absolute Gasteiger partial charge is 0.280 e. The molecule has 0 bridgehead atoms. The van der Waals surface area contributed by atoms with Crippen LogP contribution in [-0.4, -0.2) is 11.1 Å². The fourth-order valence-corrected chi connectivity index (χ4v) is 2.78. The minimum atomic E-state index is -0.401. The Hall–Kier alpha value is -3.12. The number of hydrazone groups is 1. The lowest BCUT2D eigenvalue weighted by molar-refractivity contribution is -0.384. The largest absolute Gasteiger partial charge is 0.455 e. The molecule has 0 aliphatic rings. The van der Waals surface area contributed by atoms with Gasteiger partial charge < -0.3 is 4.42 Å². The Bertz CT molecular complexity index is 1040. The standard InChI is InChI=1S/C20H18ClN3O3/c1-12-9-16(19(24(25)26)10-13(12)2)20-8-7-15(27-20)11-22-23-18-6-4-5-17(21)14(18)3/h4-11,23H,1-3H3. The zero-order valence-electron chi connectivity index (χ0n) is 15.1. The molecular formula is C20H18ClN3O3. The van der Waals surface area contributed by atoms with Crippen molar-refractivity contribution in [2.75, 3.05) is 5.43 Å². The van der Waals surface area contributed by atoms with Gasteiger partial charge in [0.25, 0.3) is 5.69 Å². The summed E-state index contributed by atoms with van der Waals surface area (Å²) in [4.78, 5) is 11.0. The second-order valence-electron chi connectivity index (χ2n) is 6.20. The van der Waals surface area contributed by atoms with Gasteiger partial charge in [0.15, 0.2) is 0 Å². The van der Waals surface area contributed by atoms with E-state index in [0.717, 1.165) is 22.4 Å². The van der Waals surface area contributed by atoms with Crippen molar-refractivity contribution in [2.45, 2.75) is 20.8 Å². The molecule has 1 heterocycles. The number of anilines is 1. The molecule has 3 rings (SSSR count). The number of nitro benzene ring substituents is 1. The van der Waals surface area contributed by atoms with E-state index in [1.807, 2.05) is 32.9 Å². The number of nitrogens with one attached hydrogen (secondary N) is 1. The van der Waals surface area contributed by atoms with Crippen molar-refractivity contribution in [1.29, 1.82) is 0 Å². The molecule has 0 aliphatic heterocycles. The highest BCUT2D eigenvalue weighted by atomic mass is 35.5. The molecule has 0 saturated carbocycles. The third kappa shape index (κ3) is 4.01. The summed E-state index contributed by atoms with van der Waals surface area (Å²) in [6.45, 7) is 5.64. The minimum absolute atomic E-state index is 0.0172. The number of nitrogens with zero attached hydrogens (tertiary/aromatic N) is 2. The van der Waals surface area contributed by atoms with E-state index in [-0.39, 0.29) is 5.69 Å². The molecule has 0 radical (unpaired) electrons. The van der Waals surface area contributed by atoms with Gasteiger partial charge in [0.2, 0.25) is 0 Å². The Balaban J connectivity index is 1.84. The number of halogens is 1. The average molecular weight is 384 g/mol. The third-order valence-corrected chi connectivity index (χ3v) is 4.75. The van der Waals surface area contributed by atoms with E-state index >= 15 is 0 Å². The van der Waals surface area contributed by atoms with Crippen LogP contribution in [0.2, 0.25) is 5.02 Å². The van der Waals surface area contributed by atoms with Gasteiger partial charge in [-0.3, -0.25) is 15.5 Å². The van der Waals surface area contributed by atoms with Gasteiger partial charge in [0.05, 0.1) is 22.4 Å². The Kier molecular flexibility index (Phi) is 5.28. The number of hydrogen-bond donors (Lipinski definition) is 1. The molecule has 1 aromatic heterocycles. The summed E-state index contributed by atoms with van der Waals surface area (Å²) < 4.78 is 5.73. The lowest BCUT2D eigenvalue weighted by Crippen LogP contribution is -1.94. The summed E-state index contributed by atoms with van der Waals surface area (Å²) in [5, 5.41) is 16.2. The Morgan fingerprint density at radius 3 is 2.63 bits per heavy atom. The highest BCUT2D eigenvalue weighted by Gasteiger charge is 2.19. The molecular weight excluding hydrogens is 366 g/mol. The van der Waals surface area contributed by atoms with Crippen LogP contribution in [0, 0.1) is 30.9 Å². The second kappa shape index (κ2) is 7.63. The molecule has 1 N–H and O–H groups in total. The fraction of sp³-hybridized carbons (Fsp3) is 0.150. The van der Waals surface area contributed by atoms with Crippen molar-refractivity contribution >= 4 is 29.2 Å². The molecule has 0 unspecified atom stereocenters. The first-order chi connectivity index (χ1) is 12.9. The maximum absolute atomic E-state index is 11.4. The monoisotopic (exact) mass is 383 g/mol. The number of hydrogen-bond acceptors (Lipinski definition) is 5. The van der Waals surface area contributed by atoms with Gasteiger partial charge in [-0.1, -0.05) is 17.7 Å². The highest BCUT2D eigenvalue weighted by molar-refractivity contribution is 6.31. The van der Waals surface area contributed by atoms with Gasteiger partial charge in [0, 0.05) is 11.1 Å². The summed E-state index contributed by atoms with van der Waals surface area (Å²) in [7, 11) is 0. The molecule has 3 aromatic rings. The van der Waals surface area contributed by atoms with Crippen LogP contribution in [0.5, 0.6) is 0 Å². The van der Waals surface area contributed by atoms with Crippen molar-refractivity contribution in [3.05, 3.63) is 80.1 Å². The maximum Gasteiger partial charge on any atom is 0.280 e. The van der Waals surface area contributed by atoms with E-state index in [9.17, 15) is 10.1 Å². The molecule has 0 saturated heterocycles. The summed E-state index contributed by atoms with van der Waals surface area (Å²) in [6, 6.07) is 12.2. The first-order valence-corrected chi connectivity index (χ1v) is 8.64. The van der Waals surface area contributed by atoms with E-state index in [1.54, 1.807) is 30.3 Å². The quantitative estimate of drug-likeness (QED) is 0.339. The van der Waals surface area contributed by atoms with Crippen LogP contribution in [0.3, 0.4) is 0 Å². The highest BCUT2D eigenvalue weighted by Crippen LogP contribution is 2.33. The molecule has 27 heavy (non-hydrogen) atoms. The number of nitro groups is 1. The van der Waals surface area contributed by atoms with Crippen molar-refractivity contribution in [1.82, 2.24) is 0 Å². The number of aryl methyl sites for hydroxylation is 2. The number of rotatable bonds is 5. The van der Waals surface area contributed by atoms with Crippen molar-refractivity contribution in [3.63, 3.8) is 0 Å². The van der Waals surface area contributed by atoms with Gasteiger partial charge in [-0.25, -0.2) is 0 Å². The minimum Gasteiger partial charge on any atom is -0.455 e. The van der Waals surface area contributed by atoms with Crippen LogP contribution >= 0.6 is 11.6 Å².